The predicted molar refractivity (Wildman–Crippen MR) is 137 cm³/mol. The van der Waals surface area contributed by atoms with Gasteiger partial charge in [-0.3, -0.25) is 14.4 Å². The fourth-order valence-electron chi connectivity index (χ4n) is 3.46. The zero-order valence-electron chi connectivity index (χ0n) is 18.4. The predicted octanol–water partition coefficient (Wildman–Crippen LogP) is 4.87. The van der Waals surface area contributed by atoms with Crippen LogP contribution < -0.4 is 15.4 Å². The minimum absolute atomic E-state index is 0.122. The maximum absolute atomic E-state index is 12.9. The number of hydrogen-bond acceptors (Lipinski definition) is 7. The van der Waals surface area contributed by atoms with Crippen molar-refractivity contribution in [2.24, 2.45) is 5.92 Å². The topological polar surface area (TPSA) is 118 Å². The van der Waals surface area contributed by atoms with Crippen LogP contribution in [0, 0.1) is 17.2 Å². The Morgan fingerprint density at radius 2 is 1.94 bits per heavy atom. The number of esters is 1. The first-order valence-electron chi connectivity index (χ1n) is 9.94. The van der Waals surface area contributed by atoms with Crippen molar-refractivity contribution in [2.75, 3.05) is 25.3 Å². The van der Waals surface area contributed by atoms with Gasteiger partial charge >= 0.3 is 5.97 Å². The fourth-order valence-corrected chi connectivity index (χ4v) is 5.17. The van der Waals surface area contributed by atoms with Gasteiger partial charge in [-0.05, 0) is 51.8 Å². The van der Waals surface area contributed by atoms with E-state index in [9.17, 15) is 19.6 Å². The molecule has 3 rings (SSSR count). The van der Waals surface area contributed by atoms with E-state index in [1.165, 1.54) is 20.3 Å². The van der Waals surface area contributed by atoms with Crippen molar-refractivity contribution in [1.29, 1.82) is 5.26 Å². The Morgan fingerprint density at radius 3 is 2.54 bits per heavy atom. The van der Waals surface area contributed by atoms with Crippen LogP contribution in [0.15, 0.2) is 51.5 Å². The molecular weight excluding hydrogens is 581 g/mol. The molecule has 2 N–H and O–H groups in total. The molecule has 1 heterocycles. The molecule has 0 saturated heterocycles. The van der Waals surface area contributed by atoms with Crippen LogP contribution in [0.1, 0.15) is 11.5 Å². The van der Waals surface area contributed by atoms with Gasteiger partial charge in [0, 0.05) is 11.6 Å². The minimum Gasteiger partial charge on any atom is -0.496 e. The number of rotatable bonds is 7. The van der Waals surface area contributed by atoms with Crippen LogP contribution in [0.3, 0.4) is 0 Å². The third-order valence-electron chi connectivity index (χ3n) is 5.07. The van der Waals surface area contributed by atoms with Gasteiger partial charge < -0.3 is 20.1 Å². The maximum Gasteiger partial charge on any atom is 0.319 e. The Labute approximate surface area is 224 Å². The number of carbonyl (C=O) groups excluding carboxylic acids is 3. The van der Waals surface area contributed by atoms with Crippen LogP contribution >= 0.6 is 50.9 Å². The molecule has 1 aliphatic heterocycles. The van der Waals surface area contributed by atoms with E-state index in [1.807, 2.05) is 0 Å². The van der Waals surface area contributed by atoms with Crippen LogP contribution in [0.25, 0.3) is 0 Å². The van der Waals surface area contributed by atoms with E-state index in [0.29, 0.717) is 26.5 Å². The number of nitriles is 1. The second-order valence-electron chi connectivity index (χ2n) is 7.18. The number of ether oxygens (including phenoxy) is 2. The molecule has 0 fully saturated rings. The Kier molecular flexibility index (Phi) is 9.08. The van der Waals surface area contributed by atoms with Crippen molar-refractivity contribution in [3.8, 4) is 11.8 Å². The minimum atomic E-state index is -1.29. The molecule has 35 heavy (non-hydrogen) atoms. The Balaban J connectivity index is 1.91. The normalized spacial score (nSPS) is 17.3. The van der Waals surface area contributed by atoms with Crippen LogP contribution in [0.2, 0.25) is 10.0 Å². The maximum atomic E-state index is 12.9. The van der Waals surface area contributed by atoms with E-state index in [0.717, 1.165) is 11.8 Å². The molecule has 2 atom stereocenters. The molecule has 1 aliphatic rings. The van der Waals surface area contributed by atoms with E-state index in [-0.39, 0.29) is 21.4 Å². The van der Waals surface area contributed by atoms with Gasteiger partial charge in [-0.2, -0.15) is 5.26 Å². The number of halogens is 3. The Morgan fingerprint density at radius 1 is 1.20 bits per heavy atom. The molecule has 2 amide bonds. The highest BCUT2D eigenvalue weighted by Crippen LogP contribution is 2.42. The van der Waals surface area contributed by atoms with Crippen molar-refractivity contribution < 1.29 is 23.9 Å². The lowest BCUT2D eigenvalue weighted by molar-refractivity contribution is -0.150. The number of thioether (sulfide) groups is 1. The van der Waals surface area contributed by atoms with Gasteiger partial charge in [-0.25, -0.2) is 0 Å². The largest absolute Gasteiger partial charge is 0.496 e. The molecule has 0 saturated carbocycles. The van der Waals surface area contributed by atoms with Crippen molar-refractivity contribution in [2.45, 2.75) is 5.92 Å². The number of allylic oxidation sites excluding steroid dienone is 1. The standard InChI is InChI=1S/C23H18BrCl2N3O5S/c1-33-17-6-3-11(7-14(17)24)19-13(9-27)22(29-21(31)20(19)23(32)34-2)35-10-18(30)28-12-4-5-15(25)16(26)8-12/h3-8,19-20H,10H2,1-2H3,(H,28,30)(H,29,31)/t19-,20-/m1/s1. The lowest BCUT2D eigenvalue weighted by Crippen LogP contribution is -2.44. The lowest BCUT2D eigenvalue weighted by Gasteiger charge is -2.31. The highest BCUT2D eigenvalue weighted by Gasteiger charge is 2.44. The molecule has 0 spiro atoms. The summed E-state index contributed by atoms with van der Waals surface area (Å²) in [5.74, 6) is -3.61. The number of nitrogens with one attached hydrogen (secondary N) is 2. The molecule has 12 heteroatoms. The van der Waals surface area contributed by atoms with Crippen LogP contribution in [0.4, 0.5) is 5.69 Å². The van der Waals surface area contributed by atoms with Gasteiger partial charge in [0.2, 0.25) is 11.8 Å². The second kappa shape index (κ2) is 11.8. The summed E-state index contributed by atoms with van der Waals surface area (Å²) in [6, 6.07) is 11.7. The van der Waals surface area contributed by atoms with Crippen LogP contribution in [-0.2, 0) is 19.1 Å². The summed E-state index contributed by atoms with van der Waals surface area (Å²) in [5, 5.41) is 16.1. The molecule has 2 aromatic rings. The van der Waals surface area contributed by atoms with Crippen molar-refractivity contribution in [3.63, 3.8) is 0 Å². The average molecular weight is 599 g/mol. The molecule has 182 valence electrons. The molecule has 8 nitrogen and oxygen atoms in total. The molecule has 0 aliphatic carbocycles. The molecule has 0 bridgehead atoms. The highest BCUT2D eigenvalue weighted by atomic mass is 79.9. The highest BCUT2D eigenvalue weighted by molar-refractivity contribution is 9.10. The number of nitrogens with zero attached hydrogens (tertiary/aromatic N) is 1. The molecular formula is C23H18BrCl2N3O5S. The fraction of sp³-hybridized carbons (Fsp3) is 0.217. The summed E-state index contributed by atoms with van der Waals surface area (Å²) in [6.07, 6.45) is 0. The third-order valence-corrected chi connectivity index (χ3v) is 7.45. The summed E-state index contributed by atoms with van der Waals surface area (Å²) in [6.45, 7) is 0. The van der Waals surface area contributed by atoms with Gasteiger partial charge in [0.15, 0.2) is 0 Å². The van der Waals surface area contributed by atoms with E-state index >= 15 is 0 Å². The number of anilines is 1. The summed E-state index contributed by atoms with van der Waals surface area (Å²) in [7, 11) is 2.67. The molecule has 0 radical (unpaired) electrons. The zero-order chi connectivity index (χ0) is 25.7. The quantitative estimate of drug-likeness (QED) is 0.345. The van der Waals surface area contributed by atoms with Gasteiger partial charge in [0.05, 0.1) is 51.2 Å². The van der Waals surface area contributed by atoms with Gasteiger partial charge in [-0.15, -0.1) is 0 Å². The first kappa shape index (κ1) is 26.9. The summed E-state index contributed by atoms with van der Waals surface area (Å²) >= 11 is 16.2. The van der Waals surface area contributed by atoms with E-state index in [4.69, 9.17) is 32.7 Å². The first-order valence-corrected chi connectivity index (χ1v) is 12.5. The van der Waals surface area contributed by atoms with Gasteiger partial charge in [0.25, 0.3) is 0 Å². The molecule has 0 unspecified atom stereocenters. The van der Waals surface area contributed by atoms with Crippen molar-refractivity contribution in [3.05, 3.63) is 67.1 Å². The second-order valence-corrected chi connectivity index (χ2v) is 9.84. The first-order chi connectivity index (χ1) is 16.7. The van der Waals surface area contributed by atoms with Crippen molar-refractivity contribution in [1.82, 2.24) is 5.32 Å². The van der Waals surface area contributed by atoms with E-state index in [2.05, 4.69) is 32.6 Å². The molecule has 0 aromatic heterocycles. The third kappa shape index (κ3) is 6.11. The average Bonchev–Trinajstić information content (AvgIpc) is 2.84. The number of amides is 2. The summed E-state index contributed by atoms with van der Waals surface area (Å²) < 4.78 is 10.7. The lowest BCUT2D eigenvalue weighted by atomic mass is 9.78. The van der Waals surface area contributed by atoms with Crippen LogP contribution in [0.5, 0.6) is 5.75 Å². The molecule has 2 aromatic carbocycles. The summed E-state index contributed by atoms with van der Waals surface area (Å²) in [5.41, 5.74) is 1.10. The zero-order valence-corrected chi connectivity index (χ0v) is 22.3. The van der Waals surface area contributed by atoms with Gasteiger partial charge in [0.1, 0.15) is 11.7 Å². The number of benzene rings is 2. The van der Waals surface area contributed by atoms with Crippen molar-refractivity contribution >= 4 is 74.4 Å². The SMILES string of the molecule is COC(=O)[C@H]1C(=O)NC(SCC(=O)Nc2ccc(Cl)c(Cl)c2)=C(C#N)[C@H]1c1ccc(OC)c(Br)c1. The Hall–Kier alpha value is -2.71. The van der Waals surface area contributed by atoms with Gasteiger partial charge in [-0.1, -0.05) is 41.0 Å². The number of carbonyl (C=O) groups is 3. The smallest absolute Gasteiger partial charge is 0.319 e. The van der Waals surface area contributed by atoms with E-state index in [1.54, 1.807) is 30.3 Å². The monoisotopic (exact) mass is 597 g/mol. The Bertz CT molecular complexity index is 1260. The number of methoxy groups -OCH3 is 2. The summed E-state index contributed by atoms with van der Waals surface area (Å²) in [4.78, 5) is 37.9. The number of hydrogen-bond donors (Lipinski definition) is 2. The van der Waals surface area contributed by atoms with E-state index < -0.39 is 29.6 Å². The van der Waals surface area contributed by atoms with Crippen LogP contribution in [-0.4, -0.2) is 37.8 Å².